The Balaban J connectivity index is 1.96. The van der Waals surface area contributed by atoms with Gasteiger partial charge in [0.05, 0.1) is 5.56 Å². The quantitative estimate of drug-likeness (QED) is 0.567. The predicted molar refractivity (Wildman–Crippen MR) is 81.8 cm³/mol. The monoisotopic (exact) mass is 278 g/mol. The van der Waals surface area contributed by atoms with Gasteiger partial charge in [0, 0.05) is 10.8 Å². The number of aryl methyl sites for hydroxylation is 1. The summed E-state index contributed by atoms with van der Waals surface area (Å²) < 4.78 is 5.46. The van der Waals surface area contributed by atoms with Gasteiger partial charge >= 0.3 is 5.97 Å². The number of fused-ring (bicyclic) bond motifs is 1. The van der Waals surface area contributed by atoms with E-state index < -0.39 is 5.97 Å². The van der Waals surface area contributed by atoms with Crippen molar-refractivity contribution in [2.45, 2.75) is 6.92 Å². The van der Waals surface area contributed by atoms with Crippen LogP contribution in [0.2, 0.25) is 0 Å². The zero-order valence-electron chi connectivity index (χ0n) is 11.5. The fourth-order valence-electron chi connectivity index (χ4n) is 2.20. The molecule has 0 fully saturated rings. The molecule has 0 aliphatic carbocycles. The number of ether oxygens (including phenoxy) is 1. The highest BCUT2D eigenvalue weighted by Crippen LogP contribution is 2.31. The van der Waals surface area contributed by atoms with Crippen LogP contribution in [0.25, 0.3) is 10.8 Å². The molecule has 3 nitrogen and oxygen atoms in total. The van der Waals surface area contributed by atoms with Crippen LogP contribution in [0.15, 0.2) is 60.7 Å². The van der Waals surface area contributed by atoms with Gasteiger partial charge < -0.3 is 9.84 Å². The fraction of sp³-hybridized carbons (Fsp3) is 0.0556. The average Bonchev–Trinajstić information content (AvgIpc) is 2.49. The molecular weight excluding hydrogens is 264 g/mol. The number of hydrogen-bond donors (Lipinski definition) is 1. The Morgan fingerprint density at radius 1 is 0.905 bits per heavy atom. The minimum absolute atomic E-state index is 0.167. The van der Waals surface area contributed by atoms with E-state index in [9.17, 15) is 9.90 Å². The first-order valence-electron chi connectivity index (χ1n) is 6.65. The second-order valence-corrected chi connectivity index (χ2v) is 4.88. The molecule has 3 heteroatoms. The molecule has 0 aliphatic heterocycles. The summed E-state index contributed by atoms with van der Waals surface area (Å²) in [6.07, 6.45) is 0. The molecule has 0 bridgehead atoms. The number of esters is 1. The number of benzene rings is 3. The van der Waals surface area contributed by atoms with Crippen LogP contribution in [0, 0.1) is 6.92 Å². The first-order chi connectivity index (χ1) is 10.1. The zero-order chi connectivity index (χ0) is 14.8. The second kappa shape index (κ2) is 5.29. The Kier molecular flexibility index (Phi) is 3.32. The Hall–Kier alpha value is -2.81. The van der Waals surface area contributed by atoms with Crippen LogP contribution >= 0.6 is 0 Å². The topological polar surface area (TPSA) is 46.5 Å². The van der Waals surface area contributed by atoms with Crippen molar-refractivity contribution in [2.24, 2.45) is 0 Å². The number of phenols is 1. The lowest BCUT2D eigenvalue weighted by molar-refractivity contribution is 0.0737. The van der Waals surface area contributed by atoms with Crippen molar-refractivity contribution in [1.82, 2.24) is 0 Å². The summed E-state index contributed by atoms with van der Waals surface area (Å²) in [5.74, 6) is 0.195. The predicted octanol–water partition coefficient (Wildman–Crippen LogP) is 4.07. The van der Waals surface area contributed by atoms with E-state index in [-0.39, 0.29) is 5.75 Å². The number of carbonyl (C=O) groups is 1. The van der Waals surface area contributed by atoms with Crippen molar-refractivity contribution in [3.63, 3.8) is 0 Å². The number of phenolic OH excluding ortho intramolecular Hbond substituents is 1. The van der Waals surface area contributed by atoms with Gasteiger partial charge in [0.25, 0.3) is 0 Å². The molecule has 0 aromatic heterocycles. The van der Waals surface area contributed by atoms with Crippen LogP contribution in [-0.2, 0) is 0 Å². The summed E-state index contributed by atoms with van der Waals surface area (Å²) >= 11 is 0. The van der Waals surface area contributed by atoms with E-state index >= 15 is 0 Å². The average molecular weight is 278 g/mol. The first-order valence-corrected chi connectivity index (χ1v) is 6.65. The Labute approximate surface area is 122 Å². The molecule has 0 saturated heterocycles. The van der Waals surface area contributed by atoms with Crippen molar-refractivity contribution in [3.8, 4) is 11.5 Å². The maximum atomic E-state index is 12.2. The Morgan fingerprint density at radius 3 is 2.33 bits per heavy atom. The Bertz CT molecular complexity index is 804. The molecule has 0 radical (unpaired) electrons. The third-order valence-electron chi connectivity index (χ3n) is 3.35. The molecule has 0 heterocycles. The van der Waals surface area contributed by atoms with E-state index in [1.807, 2.05) is 25.1 Å². The molecular formula is C18H14O3. The maximum Gasteiger partial charge on any atom is 0.343 e. The molecule has 3 aromatic rings. The highest BCUT2D eigenvalue weighted by Gasteiger charge is 2.11. The third-order valence-corrected chi connectivity index (χ3v) is 3.35. The highest BCUT2D eigenvalue weighted by atomic mass is 16.5. The highest BCUT2D eigenvalue weighted by molar-refractivity contribution is 5.97. The third kappa shape index (κ3) is 2.58. The standard InChI is InChI=1S/C18H14O3/c1-12-8-10-13(11-9-12)18(20)21-17-7-3-4-14-15(17)5-2-6-16(14)19/h2-11,19H,1H3. The van der Waals surface area contributed by atoms with E-state index in [0.717, 1.165) is 5.56 Å². The van der Waals surface area contributed by atoms with E-state index in [1.54, 1.807) is 42.5 Å². The van der Waals surface area contributed by atoms with E-state index in [2.05, 4.69) is 0 Å². The minimum Gasteiger partial charge on any atom is -0.507 e. The smallest absolute Gasteiger partial charge is 0.343 e. The van der Waals surface area contributed by atoms with Crippen LogP contribution in [0.4, 0.5) is 0 Å². The van der Waals surface area contributed by atoms with Crippen molar-refractivity contribution in [2.75, 3.05) is 0 Å². The summed E-state index contributed by atoms with van der Waals surface area (Å²) in [7, 11) is 0. The van der Waals surface area contributed by atoms with E-state index in [4.69, 9.17) is 4.74 Å². The summed E-state index contributed by atoms with van der Waals surface area (Å²) in [6, 6.07) is 17.6. The van der Waals surface area contributed by atoms with E-state index in [1.165, 1.54) is 0 Å². The minimum atomic E-state index is -0.411. The SMILES string of the molecule is Cc1ccc(C(=O)Oc2cccc3c(O)cccc23)cc1. The molecule has 0 spiro atoms. The summed E-state index contributed by atoms with van der Waals surface area (Å²) in [5, 5.41) is 11.2. The summed E-state index contributed by atoms with van der Waals surface area (Å²) in [4.78, 5) is 12.2. The van der Waals surface area contributed by atoms with Crippen molar-refractivity contribution >= 4 is 16.7 Å². The molecule has 0 unspecified atom stereocenters. The van der Waals surface area contributed by atoms with Gasteiger partial charge in [-0.2, -0.15) is 0 Å². The van der Waals surface area contributed by atoms with Gasteiger partial charge in [-0.15, -0.1) is 0 Å². The van der Waals surface area contributed by atoms with Gasteiger partial charge in [-0.05, 0) is 31.2 Å². The Morgan fingerprint density at radius 2 is 1.57 bits per heavy atom. The van der Waals surface area contributed by atoms with Gasteiger partial charge in [-0.25, -0.2) is 4.79 Å². The van der Waals surface area contributed by atoms with Gasteiger partial charge in [-0.1, -0.05) is 42.0 Å². The second-order valence-electron chi connectivity index (χ2n) is 4.88. The van der Waals surface area contributed by atoms with Gasteiger partial charge in [0.2, 0.25) is 0 Å². The molecule has 0 aliphatic rings. The molecule has 3 rings (SSSR count). The van der Waals surface area contributed by atoms with Gasteiger partial charge in [0.15, 0.2) is 0 Å². The largest absolute Gasteiger partial charge is 0.507 e. The van der Waals surface area contributed by atoms with Crippen LogP contribution < -0.4 is 4.74 Å². The zero-order valence-corrected chi connectivity index (χ0v) is 11.5. The van der Waals surface area contributed by atoms with E-state index in [0.29, 0.717) is 22.1 Å². The van der Waals surface area contributed by atoms with Crippen LogP contribution in [0.1, 0.15) is 15.9 Å². The van der Waals surface area contributed by atoms with Crippen LogP contribution in [0.5, 0.6) is 11.5 Å². The normalized spacial score (nSPS) is 10.5. The van der Waals surface area contributed by atoms with Crippen LogP contribution in [0.3, 0.4) is 0 Å². The lowest BCUT2D eigenvalue weighted by Gasteiger charge is -2.08. The lowest BCUT2D eigenvalue weighted by Crippen LogP contribution is -2.08. The number of hydrogen-bond acceptors (Lipinski definition) is 3. The molecule has 0 saturated carbocycles. The fourth-order valence-corrected chi connectivity index (χ4v) is 2.20. The molecule has 0 atom stereocenters. The maximum absolute atomic E-state index is 12.2. The number of rotatable bonds is 2. The van der Waals surface area contributed by atoms with Crippen molar-refractivity contribution < 1.29 is 14.6 Å². The van der Waals surface area contributed by atoms with Crippen molar-refractivity contribution in [1.29, 1.82) is 0 Å². The van der Waals surface area contributed by atoms with Gasteiger partial charge in [-0.3, -0.25) is 0 Å². The molecule has 0 amide bonds. The molecule has 21 heavy (non-hydrogen) atoms. The summed E-state index contributed by atoms with van der Waals surface area (Å²) in [6.45, 7) is 1.96. The molecule has 3 aromatic carbocycles. The van der Waals surface area contributed by atoms with Crippen LogP contribution in [-0.4, -0.2) is 11.1 Å². The lowest BCUT2D eigenvalue weighted by atomic mass is 10.1. The number of carbonyl (C=O) groups excluding carboxylic acids is 1. The van der Waals surface area contributed by atoms with Crippen molar-refractivity contribution in [3.05, 3.63) is 71.8 Å². The summed E-state index contributed by atoms with van der Waals surface area (Å²) in [5.41, 5.74) is 1.58. The molecule has 1 N–H and O–H groups in total. The first kappa shape index (κ1) is 13.2. The number of aromatic hydroxyl groups is 1. The van der Waals surface area contributed by atoms with Gasteiger partial charge in [0.1, 0.15) is 11.5 Å². The molecule has 104 valence electrons.